The summed E-state index contributed by atoms with van der Waals surface area (Å²) in [5.41, 5.74) is 0. The van der Waals surface area contributed by atoms with Gasteiger partial charge in [0.25, 0.3) is 0 Å². The summed E-state index contributed by atoms with van der Waals surface area (Å²) in [6.07, 6.45) is 11.6. The third kappa shape index (κ3) is 1.21. The van der Waals surface area contributed by atoms with Gasteiger partial charge in [0.15, 0.2) is 5.76 Å². The van der Waals surface area contributed by atoms with E-state index < -0.39 is 0 Å². The van der Waals surface area contributed by atoms with Crippen LogP contribution in [0.15, 0.2) is 16.5 Å². The molecule has 0 aliphatic rings. The second kappa shape index (κ2) is 2.80. The summed E-state index contributed by atoms with van der Waals surface area (Å²) in [7, 11) is 0. The zero-order valence-corrected chi connectivity index (χ0v) is 5.29. The molecule has 1 heteroatoms. The molecule has 0 unspecified atom stereocenters. The van der Waals surface area contributed by atoms with E-state index >= 15 is 0 Å². The quantitative estimate of drug-likeness (QED) is 0.523. The highest BCUT2D eigenvalue weighted by atomic mass is 16.3. The molecule has 1 aromatic heterocycles. The van der Waals surface area contributed by atoms with Crippen molar-refractivity contribution >= 4 is 0 Å². The van der Waals surface area contributed by atoms with E-state index in [1.807, 2.05) is 0 Å². The molecule has 0 spiro atoms. The van der Waals surface area contributed by atoms with Crippen molar-refractivity contribution in [1.82, 2.24) is 0 Å². The average Bonchev–Trinajstić information content (AvgIpc) is 2.37. The molecule has 1 radical (unpaired) electrons. The van der Waals surface area contributed by atoms with Gasteiger partial charge < -0.3 is 4.42 Å². The van der Waals surface area contributed by atoms with Crippen LogP contribution in [0.2, 0.25) is 0 Å². The second-order valence-electron chi connectivity index (χ2n) is 1.66. The van der Waals surface area contributed by atoms with Crippen molar-refractivity contribution in [3.63, 3.8) is 0 Å². The van der Waals surface area contributed by atoms with Gasteiger partial charge in [-0.25, -0.2) is 0 Å². The fourth-order valence-electron chi connectivity index (χ4n) is 0.590. The van der Waals surface area contributed by atoms with Crippen LogP contribution in [0.3, 0.4) is 0 Å². The lowest BCUT2D eigenvalue weighted by atomic mass is 10.3. The summed E-state index contributed by atoms with van der Waals surface area (Å²) in [5, 5.41) is 0. The van der Waals surface area contributed by atoms with Gasteiger partial charge in [0.05, 0.1) is 6.42 Å². The molecule has 0 saturated carbocycles. The van der Waals surface area contributed by atoms with Gasteiger partial charge in [-0.05, 0) is 18.1 Å². The van der Waals surface area contributed by atoms with Gasteiger partial charge >= 0.3 is 0 Å². The van der Waals surface area contributed by atoms with Crippen LogP contribution in [0.4, 0.5) is 0 Å². The summed E-state index contributed by atoms with van der Waals surface area (Å²) < 4.78 is 5.04. The largest absolute Gasteiger partial charge is 0.451 e. The van der Waals surface area contributed by atoms with Crippen LogP contribution >= 0.6 is 0 Å². The van der Waals surface area contributed by atoms with Crippen molar-refractivity contribution in [1.29, 1.82) is 0 Å². The van der Waals surface area contributed by atoms with E-state index in [4.69, 9.17) is 17.3 Å². The summed E-state index contributed by atoms with van der Waals surface area (Å²) in [5.74, 6) is 5.81. The first-order chi connectivity index (χ1) is 4.86. The third-order valence-corrected chi connectivity index (χ3v) is 0.995. The van der Waals surface area contributed by atoms with E-state index in [9.17, 15) is 0 Å². The van der Waals surface area contributed by atoms with Crippen molar-refractivity contribution in [3.05, 3.63) is 30.1 Å². The molecular formula is C9H5O. The van der Waals surface area contributed by atoms with Crippen molar-refractivity contribution in [2.24, 2.45) is 0 Å². The van der Waals surface area contributed by atoms with Crippen LogP contribution in [-0.2, 0) is 0 Å². The molecule has 1 nitrogen and oxygen atoms in total. The Morgan fingerprint density at radius 1 is 1.40 bits per heavy atom. The van der Waals surface area contributed by atoms with Crippen molar-refractivity contribution in [2.45, 2.75) is 0 Å². The van der Waals surface area contributed by atoms with E-state index in [-0.39, 0.29) is 0 Å². The van der Waals surface area contributed by atoms with Crippen LogP contribution < -0.4 is 0 Å². The Hall–Kier alpha value is -1.60. The minimum Gasteiger partial charge on any atom is -0.451 e. The molecule has 0 aromatic carbocycles. The van der Waals surface area contributed by atoms with Gasteiger partial charge in [0.2, 0.25) is 0 Å². The van der Waals surface area contributed by atoms with Crippen molar-refractivity contribution < 1.29 is 4.42 Å². The standard InChI is InChI=1S/C9H5O/c1-3-5-9-7-6-8(4-2)10-9/h1-2,5-7H. The Labute approximate surface area is 60.0 Å². The van der Waals surface area contributed by atoms with Crippen LogP contribution in [0.5, 0.6) is 0 Å². The average molecular weight is 129 g/mol. The van der Waals surface area contributed by atoms with E-state index in [0.717, 1.165) is 0 Å². The van der Waals surface area contributed by atoms with Gasteiger partial charge in [0.1, 0.15) is 5.76 Å². The predicted molar refractivity (Wildman–Crippen MR) is 38.9 cm³/mol. The van der Waals surface area contributed by atoms with Crippen LogP contribution in [0.25, 0.3) is 0 Å². The zero-order chi connectivity index (χ0) is 7.40. The summed E-state index contributed by atoms with van der Waals surface area (Å²) in [6.45, 7) is 0. The smallest absolute Gasteiger partial charge is 0.176 e. The monoisotopic (exact) mass is 129 g/mol. The molecule has 1 heterocycles. The fourth-order valence-corrected chi connectivity index (χ4v) is 0.590. The molecule has 47 valence electrons. The molecule has 0 bridgehead atoms. The van der Waals surface area contributed by atoms with E-state index in [2.05, 4.69) is 11.8 Å². The molecule has 0 atom stereocenters. The van der Waals surface area contributed by atoms with Gasteiger partial charge in [-0.15, -0.1) is 12.8 Å². The first-order valence-corrected chi connectivity index (χ1v) is 2.72. The Morgan fingerprint density at radius 3 is 2.70 bits per heavy atom. The molecule has 1 rings (SSSR count). The maximum atomic E-state index is 5.05. The molecule has 0 saturated heterocycles. The summed E-state index contributed by atoms with van der Waals surface area (Å²) in [4.78, 5) is 0. The maximum absolute atomic E-state index is 5.05. The zero-order valence-electron chi connectivity index (χ0n) is 5.29. The normalized spacial score (nSPS) is 8.20. The van der Waals surface area contributed by atoms with Gasteiger partial charge in [-0.1, -0.05) is 5.92 Å². The SMILES string of the molecule is C#C[CH]c1ccc(C#C)o1. The lowest BCUT2D eigenvalue weighted by molar-refractivity contribution is 0.532. The fraction of sp³-hybridized carbons (Fsp3) is 0. The Kier molecular flexibility index (Phi) is 1.83. The lowest BCUT2D eigenvalue weighted by Crippen LogP contribution is -1.68. The summed E-state index contributed by atoms with van der Waals surface area (Å²) in [6, 6.07) is 3.43. The topological polar surface area (TPSA) is 13.1 Å². The number of terminal acetylenes is 2. The lowest BCUT2D eigenvalue weighted by Gasteiger charge is -1.81. The second-order valence-corrected chi connectivity index (χ2v) is 1.66. The van der Waals surface area contributed by atoms with Gasteiger partial charge in [-0.3, -0.25) is 0 Å². The summed E-state index contributed by atoms with van der Waals surface area (Å²) >= 11 is 0. The molecule has 0 fully saturated rings. The van der Waals surface area contributed by atoms with Gasteiger partial charge in [-0.2, -0.15) is 0 Å². The number of rotatable bonds is 1. The van der Waals surface area contributed by atoms with Crippen molar-refractivity contribution in [3.8, 4) is 24.7 Å². The predicted octanol–water partition coefficient (Wildman–Crippen LogP) is 1.45. The highest BCUT2D eigenvalue weighted by Gasteiger charge is 1.95. The Balaban J connectivity index is 2.83. The molecule has 0 aliphatic carbocycles. The van der Waals surface area contributed by atoms with E-state index in [1.54, 1.807) is 12.1 Å². The van der Waals surface area contributed by atoms with Crippen molar-refractivity contribution in [2.75, 3.05) is 0 Å². The minimum absolute atomic E-state index is 0.501. The molecular weight excluding hydrogens is 124 g/mol. The highest BCUT2D eigenvalue weighted by molar-refractivity contribution is 5.29. The molecule has 0 N–H and O–H groups in total. The highest BCUT2D eigenvalue weighted by Crippen LogP contribution is 2.07. The third-order valence-electron chi connectivity index (χ3n) is 0.995. The van der Waals surface area contributed by atoms with Crippen LogP contribution in [-0.4, -0.2) is 0 Å². The Morgan fingerprint density at radius 2 is 2.20 bits per heavy atom. The van der Waals surface area contributed by atoms with Crippen LogP contribution in [0, 0.1) is 31.1 Å². The maximum Gasteiger partial charge on any atom is 0.176 e. The molecule has 0 aliphatic heterocycles. The molecule has 1 aromatic rings. The first kappa shape index (κ1) is 6.52. The molecule has 10 heavy (non-hydrogen) atoms. The van der Waals surface area contributed by atoms with Crippen LogP contribution in [0.1, 0.15) is 11.5 Å². The first-order valence-electron chi connectivity index (χ1n) is 2.72. The number of furan rings is 1. The number of hydrogen-bond donors (Lipinski definition) is 0. The van der Waals surface area contributed by atoms with Gasteiger partial charge in [0, 0.05) is 0 Å². The van der Waals surface area contributed by atoms with E-state index in [1.165, 1.54) is 6.42 Å². The Bertz CT molecular complexity index is 293. The minimum atomic E-state index is 0.501. The molecule has 0 amide bonds. The number of hydrogen-bond acceptors (Lipinski definition) is 1. The van der Waals surface area contributed by atoms with E-state index in [0.29, 0.717) is 11.5 Å².